The third kappa shape index (κ3) is 5.76. The Labute approximate surface area is 72.7 Å². The molecule has 0 aromatic carbocycles. The summed E-state index contributed by atoms with van der Waals surface area (Å²) < 4.78 is 35.3. The van der Waals surface area contributed by atoms with E-state index >= 15 is 0 Å². The maximum Gasteiger partial charge on any atom is 0.406 e. The molecule has 8 heteroatoms. The fraction of sp³-hybridized carbons (Fsp3) is 0.600. The van der Waals surface area contributed by atoms with Crippen LogP contribution < -0.4 is 11.5 Å². The minimum Gasteiger partial charge on any atom is -0.370 e. The van der Waals surface area contributed by atoms with Gasteiger partial charge in [-0.1, -0.05) is 0 Å². The lowest BCUT2D eigenvalue weighted by Crippen LogP contribution is -2.36. The van der Waals surface area contributed by atoms with Crippen molar-refractivity contribution in [1.29, 1.82) is 5.41 Å². The van der Waals surface area contributed by atoms with Gasteiger partial charge in [-0.15, -0.1) is 0 Å². The molecule has 0 aliphatic carbocycles. The first-order valence-corrected chi connectivity index (χ1v) is 3.18. The molecular weight excluding hydrogens is 187 g/mol. The van der Waals surface area contributed by atoms with Gasteiger partial charge in [-0.3, -0.25) is 5.41 Å². The number of hydrogen-bond donors (Lipinski definition) is 3. The lowest BCUT2D eigenvalue weighted by atomic mass is 10.5. The number of hydrogen-bond acceptors (Lipinski definition) is 1. The van der Waals surface area contributed by atoms with Crippen LogP contribution in [0.2, 0.25) is 0 Å². The Morgan fingerprint density at radius 3 is 2.23 bits per heavy atom. The molecule has 0 unspecified atom stereocenters. The first-order chi connectivity index (χ1) is 5.72. The van der Waals surface area contributed by atoms with Crippen molar-refractivity contribution in [3.8, 4) is 0 Å². The molecule has 13 heavy (non-hydrogen) atoms. The Morgan fingerprint density at radius 1 is 1.46 bits per heavy atom. The van der Waals surface area contributed by atoms with Crippen molar-refractivity contribution >= 4 is 11.9 Å². The molecule has 5 nitrogen and oxygen atoms in total. The maximum atomic E-state index is 11.8. The maximum absolute atomic E-state index is 11.8. The summed E-state index contributed by atoms with van der Waals surface area (Å²) in [7, 11) is 1.07. The zero-order valence-electron chi connectivity index (χ0n) is 6.89. The number of nitrogens with zero attached hydrogens (tertiary/aromatic N) is 2. The lowest BCUT2D eigenvalue weighted by Gasteiger charge is -2.18. The zero-order valence-corrected chi connectivity index (χ0v) is 6.89. The fourth-order valence-electron chi connectivity index (χ4n) is 0.551. The summed E-state index contributed by atoms with van der Waals surface area (Å²) >= 11 is 0. The van der Waals surface area contributed by atoms with Crippen molar-refractivity contribution < 1.29 is 13.2 Å². The van der Waals surface area contributed by atoms with Gasteiger partial charge >= 0.3 is 6.18 Å². The van der Waals surface area contributed by atoms with Gasteiger partial charge in [-0.2, -0.15) is 18.2 Å². The van der Waals surface area contributed by atoms with Crippen LogP contribution in [0.25, 0.3) is 0 Å². The molecule has 0 aliphatic heterocycles. The third-order valence-electron chi connectivity index (χ3n) is 1.01. The molecule has 0 saturated heterocycles. The van der Waals surface area contributed by atoms with E-state index in [1.54, 1.807) is 0 Å². The summed E-state index contributed by atoms with van der Waals surface area (Å²) in [5.74, 6) is -1.07. The van der Waals surface area contributed by atoms with Gasteiger partial charge in [0.25, 0.3) is 0 Å². The predicted molar refractivity (Wildman–Crippen MR) is 42.2 cm³/mol. The second-order valence-corrected chi connectivity index (χ2v) is 2.33. The minimum absolute atomic E-state index is 0.445. The van der Waals surface area contributed by atoms with Gasteiger partial charge in [0.1, 0.15) is 6.54 Å². The smallest absolute Gasteiger partial charge is 0.370 e. The molecule has 0 saturated carbocycles. The lowest BCUT2D eigenvalue weighted by molar-refractivity contribution is -0.135. The standard InChI is InChI=1S/C5H10F3N5/c1-13(2-5(6,7)8)4(11)12-3(9)10/h2H2,1H3,(H5,9,10,11,12). The number of aliphatic imine (C=N–C) groups is 1. The number of guanidine groups is 2. The molecule has 0 heterocycles. The topological polar surface area (TPSA) is 91.5 Å². The quantitative estimate of drug-likeness (QED) is 0.397. The van der Waals surface area contributed by atoms with Gasteiger partial charge in [0.15, 0.2) is 5.96 Å². The Hall–Kier alpha value is -1.47. The van der Waals surface area contributed by atoms with E-state index in [2.05, 4.69) is 4.99 Å². The van der Waals surface area contributed by atoms with E-state index in [1.165, 1.54) is 0 Å². The molecule has 0 aliphatic rings. The van der Waals surface area contributed by atoms with E-state index in [4.69, 9.17) is 16.9 Å². The van der Waals surface area contributed by atoms with Crippen LogP contribution in [0.1, 0.15) is 0 Å². The summed E-state index contributed by atoms with van der Waals surface area (Å²) in [6, 6.07) is 0. The molecule has 0 aromatic heterocycles. The van der Waals surface area contributed by atoms with Gasteiger partial charge in [-0.05, 0) is 0 Å². The van der Waals surface area contributed by atoms with Gasteiger partial charge in [0.2, 0.25) is 5.96 Å². The first-order valence-electron chi connectivity index (χ1n) is 3.18. The summed E-state index contributed by atoms with van der Waals surface area (Å²) in [4.78, 5) is 3.73. The van der Waals surface area contributed by atoms with Crippen molar-refractivity contribution in [2.45, 2.75) is 6.18 Å². The van der Waals surface area contributed by atoms with Crippen LogP contribution in [0.4, 0.5) is 13.2 Å². The Morgan fingerprint density at radius 2 is 1.92 bits per heavy atom. The van der Waals surface area contributed by atoms with E-state index in [9.17, 15) is 13.2 Å². The predicted octanol–water partition coefficient (Wildman–Crippen LogP) is -0.311. The monoisotopic (exact) mass is 197 g/mol. The summed E-state index contributed by atoms with van der Waals surface area (Å²) in [5.41, 5.74) is 9.75. The number of nitrogens with two attached hydrogens (primary N) is 2. The molecular formula is C5H10F3N5. The molecule has 0 fully saturated rings. The highest BCUT2D eigenvalue weighted by Crippen LogP contribution is 2.15. The second-order valence-electron chi connectivity index (χ2n) is 2.33. The van der Waals surface area contributed by atoms with Crippen molar-refractivity contribution in [1.82, 2.24) is 4.90 Å². The highest BCUT2D eigenvalue weighted by atomic mass is 19.4. The molecule has 76 valence electrons. The van der Waals surface area contributed by atoms with E-state index in [1.807, 2.05) is 0 Å². The van der Waals surface area contributed by atoms with Crippen LogP contribution in [0.3, 0.4) is 0 Å². The zero-order chi connectivity index (χ0) is 10.6. The molecule has 0 amide bonds. The van der Waals surface area contributed by atoms with Gasteiger partial charge in [0, 0.05) is 7.05 Å². The Bertz CT molecular complexity index is 217. The average molecular weight is 197 g/mol. The van der Waals surface area contributed by atoms with Crippen molar-refractivity contribution in [3.05, 3.63) is 0 Å². The van der Waals surface area contributed by atoms with Gasteiger partial charge in [-0.25, -0.2) is 0 Å². The van der Waals surface area contributed by atoms with Crippen molar-refractivity contribution in [2.75, 3.05) is 13.6 Å². The average Bonchev–Trinajstić information content (AvgIpc) is 1.81. The largest absolute Gasteiger partial charge is 0.406 e. The highest BCUT2D eigenvalue weighted by molar-refractivity contribution is 5.91. The molecule has 0 atom stereocenters. The van der Waals surface area contributed by atoms with E-state index in [0.717, 1.165) is 7.05 Å². The summed E-state index contributed by atoms with van der Waals surface area (Å²) in [5, 5.41) is 6.98. The SMILES string of the molecule is CN(CC(F)(F)F)C(=N)N=C(N)N. The van der Waals surface area contributed by atoms with Crippen LogP contribution in [0.5, 0.6) is 0 Å². The number of alkyl halides is 3. The molecule has 5 N–H and O–H groups in total. The normalized spacial score (nSPS) is 10.8. The first kappa shape index (κ1) is 11.5. The third-order valence-corrected chi connectivity index (χ3v) is 1.01. The van der Waals surface area contributed by atoms with Crippen LogP contribution in [0.15, 0.2) is 4.99 Å². The number of halogens is 3. The highest BCUT2D eigenvalue weighted by Gasteiger charge is 2.30. The summed E-state index contributed by atoms with van der Waals surface area (Å²) in [6.45, 7) is -1.26. The van der Waals surface area contributed by atoms with E-state index in [0.29, 0.717) is 4.90 Å². The number of nitrogens with one attached hydrogen (secondary N) is 1. The molecule has 0 spiro atoms. The second kappa shape index (κ2) is 3.97. The number of rotatable bonds is 1. The minimum atomic E-state index is -4.38. The van der Waals surface area contributed by atoms with E-state index < -0.39 is 24.6 Å². The molecule has 0 radical (unpaired) electrons. The molecule has 0 rings (SSSR count). The van der Waals surface area contributed by atoms with Crippen molar-refractivity contribution in [3.63, 3.8) is 0 Å². The molecule has 0 bridgehead atoms. The van der Waals surface area contributed by atoms with E-state index in [-0.39, 0.29) is 0 Å². The molecule has 0 aromatic rings. The summed E-state index contributed by atoms with van der Waals surface area (Å²) in [6.07, 6.45) is -4.38. The van der Waals surface area contributed by atoms with Crippen LogP contribution in [-0.4, -0.2) is 36.6 Å². The van der Waals surface area contributed by atoms with Crippen LogP contribution >= 0.6 is 0 Å². The Kier molecular flexibility index (Phi) is 3.52. The van der Waals surface area contributed by atoms with Crippen LogP contribution in [-0.2, 0) is 0 Å². The Balaban J connectivity index is 4.21. The van der Waals surface area contributed by atoms with Crippen molar-refractivity contribution in [2.24, 2.45) is 16.5 Å². The van der Waals surface area contributed by atoms with Gasteiger partial charge in [0.05, 0.1) is 0 Å². The fourth-order valence-corrected chi connectivity index (χ4v) is 0.551. The van der Waals surface area contributed by atoms with Crippen LogP contribution in [0, 0.1) is 5.41 Å². The van der Waals surface area contributed by atoms with Gasteiger partial charge < -0.3 is 16.4 Å².